The first-order chi connectivity index (χ1) is 9.68. The first-order valence-electron chi connectivity index (χ1n) is 5.46. The van der Waals surface area contributed by atoms with Gasteiger partial charge in [-0.15, -0.1) is 0 Å². The van der Waals surface area contributed by atoms with Crippen molar-refractivity contribution in [2.45, 2.75) is 9.79 Å². The van der Waals surface area contributed by atoms with Crippen LogP contribution in [0.3, 0.4) is 0 Å². The quantitative estimate of drug-likeness (QED) is 0.805. The minimum absolute atomic E-state index is 0.0439. The van der Waals surface area contributed by atoms with Gasteiger partial charge in [-0.2, -0.15) is 0 Å². The summed E-state index contributed by atoms with van der Waals surface area (Å²) < 4.78 is 48.7. The summed E-state index contributed by atoms with van der Waals surface area (Å²) in [6, 6.07) is 7.47. The number of nitrogens with zero attached hydrogens (tertiary/aromatic N) is 1. The Hall–Kier alpha value is -1.68. The minimum atomic E-state index is -3.84. The topological polar surface area (TPSA) is 119 Å². The van der Waals surface area contributed by atoms with Crippen LogP contribution < -0.4 is 9.86 Å². The predicted octanol–water partition coefficient (Wildman–Crippen LogP) is 1.18. The molecule has 7 nitrogen and oxygen atoms in total. The lowest BCUT2D eigenvalue weighted by atomic mass is 10.3. The highest BCUT2D eigenvalue weighted by Gasteiger charge is 2.15. The van der Waals surface area contributed by atoms with Crippen molar-refractivity contribution in [1.29, 1.82) is 0 Å². The number of nitrogens with two attached hydrogens (primary N) is 1. The summed E-state index contributed by atoms with van der Waals surface area (Å²) >= 11 is 5.64. The van der Waals surface area contributed by atoms with Crippen LogP contribution in [0.4, 0.5) is 5.69 Å². The van der Waals surface area contributed by atoms with Crippen LogP contribution in [-0.2, 0) is 20.0 Å². The molecule has 0 unspecified atom stereocenters. The average molecular weight is 348 g/mol. The third-order valence-corrected chi connectivity index (χ3v) is 4.96. The van der Waals surface area contributed by atoms with Crippen LogP contribution in [0.25, 0.3) is 0 Å². The number of nitrogens with one attached hydrogen (secondary N) is 1. The summed E-state index contributed by atoms with van der Waals surface area (Å²) in [5.41, 5.74) is 0.190. The fourth-order valence-corrected chi connectivity index (χ4v) is 3.30. The lowest BCUT2D eigenvalue weighted by Crippen LogP contribution is -2.14. The molecule has 3 N–H and O–H groups in total. The first-order valence-corrected chi connectivity index (χ1v) is 8.86. The van der Waals surface area contributed by atoms with Gasteiger partial charge in [-0.3, -0.25) is 4.72 Å². The van der Waals surface area contributed by atoms with Crippen LogP contribution >= 0.6 is 11.6 Å². The third kappa shape index (κ3) is 3.91. The molecule has 0 spiro atoms. The molecule has 0 aliphatic rings. The molecule has 10 heteroatoms. The molecule has 0 fully saturated rings. The summed E-state index contributed by atoms with van der Waals surface area (Å²) in [6.07, 6.45) is 1.26. The Morgan fingerprint density at radius 3 is 2.14 bits per heavy atom. The number of anilines is 1. The smallest absolute Gasteiger partial charge is 0.262 e. The number of sulfonamides is 2. The van der Waals surface area contributed by atoms with Gasteiger partial charge in [-0.05, 0) is 36.4 Å². The molecule has 1 heterocycles. The van der Waals surface area contributed by atoms with E-state index in [2.05, 4.69) is 9.71 Å². The van der Waals surface area contributed by atoms with Crippen molar-refractivity contribution < 1.29 is 16.8 Å². The minimum Gasteiger partial charge on any atom is -0.280 e. The molecule has 0 bridgehead atoms. The molecule has 2 rings (SSSR count). The van der Waals surface area contributed by atoms with E-state index in [1.54, 1.807) is 0 Å². The van der Waals surface area contributed by atoms with Crippen LogP contribution in [0.5, 0.6) is 0 Å². The summed E-state index contributed by atoms with van der Waals surface area (Å²) in [5.74, 6) is 0. The fraction of sp³-hybridized carbons (Fsp3) is 0. The lowest BCUT2D eigenvalue weighted by Gasteiger charge is -2.08. The van der Waals surface area contributed by atoms with Gasteiger partial charge in [0.1, 0.15) is 5.15 Å². The molecule has 0 saturated carbocycles. The highest BCUT2D eigenvalue weighted by Crippen LogP contribution is 2.19. The Morgan fingerprint density at radius 2 is 1.62 bits per heavy atom. The Kier molecular flexibility index (Phi) is 4.19. The molecule has 2 aromatic rings. The second-order valence-electron chi connectivity index (χ2n) is 3.99. The number of hydrogen-bond donors (Lipinski definition) is 2. The van der Waals surface area contributed by atoms with E-state index in [0.717, 1.165) is 0 Å². The molecule has 0 aliphatic carbocycles. The van der Waals surface area contributed by atoms with Gasteiger partial charge < -0.3 is 0 Å². The largest absolute Gasteiger partial charge is 0.280 e. The summed E-state index contributed by atoms with van der Waals surface area (Å²) in [4.78, 5) is 3.52. The van der Waals surface area contributed by atoms with Crippen molar-refractivity contribution in [1.82, 2.24) is 4.98 Å². The summed E-state index contributed by atoms with van der Waals surface area (Å²) in [7, 11) is -7.66. The van der Waals surface area contributed by atoms with Crippen molar-refractivity contribution in [3.8, 4) is 0 Å². The van der Waals surface area contributed by atoms with Gasteiger partial charge in [0.2, 0.25) is 10.0 Å². The molecule has 0 radical (unpaired) electrons. The number of rotatable bonds is 4. The van der Waals surface area contributed by atoms with Crippen LogP contribution in [0.15, 0.2) is 52.4 Å². The van der Waals surface area contributed by atoms with Crippen LogP contribution in [0, 0.1) is 0 Å². The molecule has 1 aromatic carbocycles. The molecule has 112 valence electrons. The lowest BCUT2D eigenvalue weighted by molar-refractivity contribution is 0.597. The molecule has 21 heavy (non-hydrogen) atoms. The van der Waals surface area contributed by atoms with Crippen molar-refractivity contribution in [3.05, 3.63) is 47.7 Å². The third-order valence-electron chi connectivity index (χ3n) is 2.44. The monoisotopic (exact) mass is 347 g/mol. The average Bonchev–Trinajstić information content (AvgIpc) is 2.38. The summed E-state index contributed by atoms with van der Waals surface area (Å²) in [5, 5.41) is 5.00. The number of benzene rings is 1. The number of halogens is 1. The Bertz CT molecular complexity index is 865. The predicted molar refractivity (Wildman–Crippen MR) is 77.9 cm³/mol. The Balaban J connectivity index is 2.29. The van der Waals surface area contributed by atoms with Gasteiger partial charge in [-0.1, -0.05) is 11.6 Å². The van der Waals surface area contributed by atoms with E-state index in [9.17, 15) is 16.8 Å². The van der Waals surface area contributed by atoms with E-state index in [-0.39, 0.29) is 20.6 Å². The second kappa shape index (κ2) is 5.60. The van der Waals surface area contributed by atoms with E-state index < -0.39 is 20.0 Å². The molecule has 0 aliphatic heterocycles. The van der Waals surface area contributed by atoms with Gasteiger partial charge in [-0.25, -0.2) is 27.0 Å². The van der Waals surface area contributed by atoms with E-state index in [1.165, 1.54) is 42.6 Å². The van der Waals surface area contributed by atoms with E-state index in [1.807, 2.05) is 0 Å². The highest BCUT2D eigenvalue weighted by molar-refractivity contribution is 7.92. The highest BCUT2D eigenvalue weighted by atomic mass is 35.5. The molecule has 0 saturated heterocycles. The SMILES string of the molecule is NS(=O)(=O)c1ccc(NS(=O)(=O)c2ccnc(Cl)c2)cc1. The Labute approximate surface area is 126 Å². The van der Waals surface area contributed by atoms with Gasteiger partial charge in [0.15, 0.2) is 0 Å². The first kappa shape index (κ1) is 15.7. The number of primary sulfonamides is 1. The zero-order valence-corrected chi connectivity index (χ0v) is 12.8. The van der Waals surface area contributed by atoms with Crippen LogP contribution in [0.2, 0.25) is 5.15 Å². The van der Waals surface area contributed by atoms with Crippen molar-refractivity contribution >= 4 is 37.3 Å². The van der Waals surface area contributed by atoms with Crippen molar-refractivity contribution in [2.24, 2.45) is 5.14 Å². The second-order valence-corrected chi connectivity index (χ2v) is 7.62. The fourth-order valence-electron chi connectivity index (χ4n) is 1.48. The molecule has 0 atom stereocenters. The Morgan fingerprint density at radius 1 is 1.00 bits per heavy atom. The molecular formula is C11H10ClN3O4S2. The van der Waals surface area contributed by atoms with Gasteiger partial charge >= 0.3 is 0 Å². The van der Waals surface area contributed by atoms with Crippen molar-refractivity contribution in [2.75, 3.05) is 4.72 Å². The zero-order chi connectivity index (χ0) is 15.7. The standard InChI is InChI=1S/C11H10ClN3O4S2/c12-11-7-10(5-6-14-11)21(18,19)15-8-1-3-9(4-2-8)20(13,16)17/h1-7,15H,(H2,13,16,17). The normalized spacial score (nSPS) is 12.1. The number of aromatic nitrogens is 1. The zero-order valence-electron chi connectivity index (χ0n) is 10.4. The van der Waals surface area contributed by atoms with E-state index in [4.69, 9.17) is 16.7 Å². The molecule has 0 amide bonds. The maximum absolute atomic E-state index is 12.1. The van der Waals surface area contributed by atoms with Crippen molar-refractivity contribution in [3.63, 3.8) is 0 Å². The van der Waals surface area contributed by atoms with Gasteiger partial charge in [0, 0.05) is 11.9 Å². The molecule has 1 aromatic heterocycles. The van der Waals surface area contributed by atoms with Gasteiger partial charge in [0.05, 0.1) is 9.79 Å². The number of hydrogen-bond acceptors (Lipinski definition) is 5. The maximum atomic E-state index is 12.1. The maximum Gasteiger partial charge on any atom is 0.262 e. The van der Waals surface area contributed by atoms with Crippen LogP contribution in [0.1, 0.15) is 0 Å². The molecular weight excluding hydrogens is 338 g/mol. The van der Waals surface area contributed by atoms with Gasteiger partial charge in [0.25, 0.3) is 10.0 Å². The van der Waals surface area contributed by atoms with Crippen LogP contribution in [-0.4, -0.2) is 21.8 Å². The summed E-state index contributed by atoms with van der Waals surface area (Å²) in [6.45, 7) is 0. The van der Waals surface area contributed by atoms with E-state index >= 15 is 0 Å². The van der Waals surface area contributed by atoms with E-state index in [0.29, 0.717) is 0 Å². The number of pyridine rings is 1.